The molecule has 84 valence electrons. The van der Waals surface area contributed by atoms with Crippen molar-refractivity contribution in [3.8, 4) is 6.07 Å². The lowest BCUT2D eigenvalue weighted by Gasteiger charge is -2.06. The lowest BCUT2D eigenvalue weighted by Crippen LogP contribution is -1.89. The van der Waals surface area contributed by atoms with Gasteiger partial charge in [-0.1, -0.05) is 19.9 Å². The fourth-order valence-electron chi connectivity index (χ4n) is 1.17. The van der Waals surface area contributed by atoms with Crippen molar-refractivity contribution < 1.29 is 0 Å². The number of aromatic nitrogens is 1. The molecule has 0 amide bonds. The predicted molar refractivity (Wildman–Crippen MR) is 73.0 cm³/mol. The minimum atomic E-state index is 0.694. The molecule has 0 bridgehead atoms. The Morgan fingerprint density at radius 3 is 2.44 bits per heavy atom. The van der Waals surface area contributed by atoms with E-state index >= 15 is 0 Å². The van der Waals surface area contributed by atoms with E-state index in [4.69, 9.17) is 0 Å². The SMILES string of the molecule is CCSC(SCC)=C(C#N)c1ccccn1. The maximum absolute atomic E-state index is 9.23. The Labute approximate surface area is 105 Å². The number of allylic oxidation sites excluding steroid dienone is 1. The van der Waals surface area contributed by atoms with E-state index in [9.17, 15) is 5.26 Å². The molecular formula is C12H14N2S2. The first-order chi connectivity index (χ1) is 7.83. The Kier molecular flexibility index (Phi) is 6.05. The quantitative estimate of drug-likeness (QED) is 0.745. The number of rotatable bonds is 5. The van der Waals surface area contributed by atoms with Crippen molar-refractivity contribution >= 4 is 29.1 Å². The third kappa shape index (κ3) is 3.58. The molecule has 0 fully saturated rings. The largest absolute Gasteiger partial charge is 0.255 e. The van der Waals surface area contributed by atoms with Gasteiger partial charge in [-0.05, 0) is 23.6 Å². The molecule has 2 nitrogen and oxygen atoms in total. The molecule has 0 saturated heterocycles. The van der Waals surface area contributed by atoms with Crippen LogP contribution in [-0.4, -0.2) is 16.5 Å². The van der Waals surface area contributed by atoms with Gasteiger partial charge < -0.3 is 0 Å². The summed E-state index contributed by atoms with van der Waals surface area (Å²) >= 11 is 3.42. The number of thioether (sulfide) groups is 2. The van der Waals surface area contributed by atoms with Gasteiger partial charge in [0.1, 0.15) is 6.07 Å². The molecule has 0 N–H and O–H groups in total. The first-order valence-corrected chi connectivity index (χ1v) is 7.12. The second kappa shape index (κ2) is 7.37. The van der Waals surface area contributed by atoms with E-state index in [1.54, 1.807) is 29.7 Å². The molecule has 1 aromatic heterocycles. The summed E-state index contributed by atoms with van der Waals surface area (Å²) in [7, 11) is 0. The summed E-state index contributed by atoms with van der Waals surface area (Å²) in [6.07, 6.45) is 1.72. The van der Waals surface area contributed by atoms with Crippen molar-refractivity contribution in [1.29, 1.82) is 5.26 Å². The molecule has 0 radical (unpaired) electrons. The normalized spacial score (nSPS) is 9.56. The van der Waals surface area contributed by atoms with Gasteiger partial charge in [-0.25, -0.2) is 0 Å². The lowest BCUT2D eigenvalue weighted by atomic mass is 10.2. The zero-order chi connectivity index (χ0) is 11.8. The topological polar surface area (TPSA) is 36.7 Å². The van der Waals surface area contributed by atoms with Crippen LogP contribution in [0.2, 0.25) is 0 Å². The lowest BCUT2D eigenvalue weighted by molar-refractivity contribution is 1.28. The van der Waals surface area contributed by atoms with Gasteiger partial charge in [-0.15, -0.1) is 23.5 Å². The maximum Gasteiger partial charge on any atom is 0.103 e. The fourth-order valence-corrected chi connectivity index (χ4v) is 3.32. The fraction of sp³-hybridized carbons (Fsp3) is 0.333. The van der Waals surface area contributed by atoms with E-state index < -0.39 is 0 Å². The van der Waals surface area contributed by atoms with Crippen LogP contribution in [0, 0.1) is 11.3 Å². The molecule has 0 unspecified atom stereocenters. The van der Waals surface area contributed by atoms with Crippen LogP contribution in [-0.2, 0) is 0 Å². The smallest absolute Gasteiger partial charge is 0.103 e. The van der Waals surface area contributed by atoms with E-state index in [1.807, 2.05) is 18.2 Å². The highest BCUT2D eigenvalue weighted by atomic mass is 32.2. The number of nitriles is 1. The molecular weight excluding hydrogens is 236 g/mol. The van der Waals surface area contributed by atoms with Crippen molar-refractivity contribution in [3.63, 3.8) is 0 Å². The summed E-state index contributed by atoms with van der Waals surface area (Å²) in [4.78, 5) is 4.23. The minimum Gasteiger partial charge on any atom is -0.255 e. The van der Waals surface area contributed by atoms with E-state index in [0.717, 1.165) is 21.4 Å². The first kappa shape index (κ1) is 13.1. The Balaban J connectivity index is 3.10. The van der Waals surface area contributed by atoms with Gasteiger partial charge in [0.05, 0.1) is 15.5 Å². The van der Waals surface area contributed by atoms with Gasteiger partial charge >= 0.3 is 0 Å². The van der Waals surface area contributed by atoms with E-state index in [0.29, 0.717) is 5.57 Å². The molecule has 0 spiro atoms. The Morgan fingerprint density at radius 1 is 1.31 bits per heavy atom. The average Bonchev–Trinajstić information content (AvgIpc) is 2.32. The molecule has 1 rings (SSSR count). The van der Waals surface area contributed by atoms with Crippen LogP contribution in [0.15, 0.2) is 28.6 Å². The van der Waals surface area contributed by atoms with Crippen LogP contribution in [0.5, 0.6) is 0 Å². The average molecular weight is 250 g/mol. The minimum absolute atomic E-state index is 0.694. The second-order valence-corrected chi connectivity index (χ2v) is 5.66. The van der Waals surface area contributed by atoms with Crippen LogP contribution < -0.4 is 0 Å². The highest BCUT2D eigenvalue weighted by Gasteiger charge is 2.10. The van der Waals surface area contributed by atoms with Gasteiger partial charge in [-0.3, -0.25) is 4.98 Å². The standard InChI is InChI=1S/C12H14N2S2/c1-3-15-12(16-4-2)10(9-13)11-7-5-6-8-14-11/h5-8H,3-4H2,1-2H3. The van der Waals surface area contributed by atoms with Crippen molar-refractivity contribution in [3.05, 3.63) is 34.3 Å². The Morgan fingerprint density at radius 2 is 2.00 bits per heavy atom. The van der Waals surface area contributed by atoms with Gasteiger partial charge in [0.2, 0.25) is 0 Å². The summed E-state index contributed by atoms with van der Waals surface area (Å²) in [5.74, 6) is 1.95. The molecule has 0 aliphatic carbocycles. The number of hydrogen-bond acceptors (Lipinski definition) is 4. The summed E-state index contributed by atoms with van der Waals surface area (Å²) < 4.78 is 1.08. The van der Waals surface area contributed by atoms with Gasteiger partial charge in [0.15, 0.2) is 0 Å². The highest BCUT2D eigenvalue weighted by molar-refractivity contribution is 8.22. The molecule has 4 heteroatoms. The Hall–Kier alpha value is -0.920. The van der Waals surface area contributed by atoms with Gasteiger partial charge in [-0.2, -0.15) is 5.26 Å². The summed E-state index contributed by atoms with van der Waals surface area (Å²) in [5.41, 5.74) is 1.46. The predicted octanol–water partition coefficient (Wildman–Crippen LogP) is 3.78. The zero-order valence-corrected chi connectivity index (χ0v) is 11.1. The number of nitrogens with zero attached hydrogens (tertiary/aromatic N) is 2. The Bertz CT molecular complexity index is 385. The van der Waals surface area contributed by atoms with Gasteiger partial charge in [0, 0.05) is 6.20 Å². The molecule has 0 aromatic carbocycles. The molecule has 0 aliphatic rings. The van der Waals surface area contributed by atoms with Crippen molar-refractivity contribution in [2.45, 2.75) is 13.8 Å². The summed E-state index contributed by atoms with van der Waals surface area (Å²) in [5, 5.41) is 9.23. The molecule has 0 atom stereocenters. The first-order valence-electron chi connectivity index (χ1n) is 5.14. The van der Waals surface area contributed by atoms with Crippen molar-refractivity contribution in [2.75, 3.05) is 11.5 Å². The zero-order valence-electron chi connectivity index (χ0n) is 9.43. The second-order valence-electron chi connectivity index (χ2n) is 2.86. The summed E-state index contributed by atoms with van der Waals surface area (Å²) in [6, 6.07) is 7.91. The monoisotopic (exact) mass is 250 g/mol. The van der Waals surface area contributed by atoms with Crippen molar-refractivity contribution in [1.82, 2.24) is 4.98 Å². The summed E-state index contributed by atoms with van der Waals surface area (Å²) in [6.45, 7) is 4.18. The van der Waals surface area contributed by atoms with Crippen LogP contribution in [0.25, 0.3) is 5.57 Å². The van der Waals surface area contributed by atoms with Crippen LogP contribution in [0.3, 0.4) is 0 Å². The van der Waals surface area contributed by atoms with Crippen LogP contribution >= 0.6 is 23.5 Å². The highest BCUT2D eigenvalue weighted by Crippen LogP contribution is 2.34. The molecule has 1 heterocycles. The molecule has 0 saturated carbocycles. The van der Waals surface area contributed by atoms with Crippen molar-refractivity contribution in [2.24, 2.45) is 0 Å². The molecule has 16 heavy (non-hydrogen) atoms. The van der Waals surface area contributed by atoms with Crippen LogP contribution in [0.4, 0.5) is 0 Å². The van der Waals surface area contributed by atoms with E-state index in [2.05, 4.69) is 24.9 Å². The van der Waals surface area contributed by atoms with E-state index in [1.165, 1.54) is 0 Å². The van der Waals surface area contributed by atoms with Crippen LogP contribution in [0.1, 0.15) is 19.5 Å². The third-order valence-corrected chi connectivity index (χ3v) is 4.00. The number of hydrogen-bond donors (Lipinski definition) is 0. The maximum atomic E-state index is 9.23. The number of pyridine rings is 1. The third-order valence-electron chi connectivity index (χ3n) is 1.79. The van der Waals surface area contributed by atoms with E-state index in [-0.39, 0.29) is 0 Å². The van der Waals surface area contributed by atoms with Gasteiger partial charge in [0.25, 0.3) is 0 Å². The molecule has 0 aliphatic heterocycles. The molecule has 1 aromatic rings.